The highest BCUT2D eigenvalue weighted by atomic mass is 16.3. The molecule has 5 nitrogen and oxygen atoms in total. The van der Waals surface area contributed by atoms with Gasteiger partial charge in [-0.2, -0.15) is 0 Å². The Balaban J connectivity index is 1.65. The van der Waals surface area contributed by atoms with E-state index < -0.39 is 0 Å². The largest absolute Gasteiger partial charge is 0.394 e. The van der Waals surface area contributed by atoms with E-state index in [0.29, 0.717) is 0 Å². The third-order valence-corrected chi connectivity index (χ3v) is 4.87. The Morgan fingerprint density at radius 3 is 2.88 bits per heavy atom. The fourth-order valence-electron chi connectivity index (χ4n) is 3.71. The molecule has 2 aromatic heterocycles. The Hall–Kier alpha value is -2.24. The first-order valence-corrected chi connectivity index (χ1v) is 8.40. The highest BCUT2D eigenvalue weighted by molar-refractivity contribution is 5.36. The summed E-state index contributed by atoms with van der Waals surface area (Å²) in [6.07, 6.45) is 3.07. The van der Waals surface area contributed by atoms with Crippen molar-refractivity contribution in [1.82, 2.24) is 19.3 Å². The Kier molecular flexibility index (Phi) is 3.82. The number of imidazole rings is 1. The van der Waals surface area contributed by atoms with E-state index in [4.69, 9.17) is 0 Å². The minimum atomic E-state index is 0.0376. The molecule has 5 heteroatoms. The monoisotopic (exact) mass is 322 g/mol. The van der Waals surface area contributed by atoms with Crippen molar-refractivity contribution in [3.8, 4) is 0 Å². The molecular weight excluding hydrogens is 300 g/mol. The maximum Gasteiger partial charge on any atom is 0.234 e. The van der Waals surface area contributed by atoms with Crippen LogP contribution >= 0.6 is 0 Å². The molecule has 0 saturated carbocycles. The maximum atomic E-state index is 9.93. The maximum absolute atomic E-state index is 9.93. The summed E-state index contributed by atoms with van der Waals surface area (Å²) in [5.74, 6) is 0.750. The molecule has 1 atom stereocenters. The van der Waals surface area contributed by atoms with E-state index in [9.17, 15) is 5.11 Å². The zero-order chi connectivity index (χ0) is 16.7. The molecule has 0 spiro atoms. The topological polar surface area (TPSA) is 53.7 Å². The first-order chi connectivity index (χ1) is 11.7. The molecule has 1 aliphatic heterocycles. The SMILES string of the molecule is Cc1cc(C)n2cc(CN3CCc4ccccc4C3CO)nc2n1. The summed E-state index contributed by atoms with van der Waals surface area (Å²) in [6.45, 7) is 5.84. The van der Waals surface area contributed by atoms with Gasteiger partial charge in [0.25, 0.3) is 0 Å². The van der Waals surface area contributed by atoms with Crippen molar-refractivity contribution in [2.75, 3.05) is 13.2 Å². The predicted octanol–water partition coefficient (Wildman–Crippen LogP) is 2.44. The smallest absolute Gasteiger partial charge is 0.234 e. The van der Waals surface area contributed by atoms with Crippen LogP contribution in [0.1, 0.15) is 34.3 Å². The summed E-state index contributed by atoms with van der Waals surface area (Å²) in [4.78, 5) is 11.5. The molecule has 0 saturated heterocycles. The second-order valence-electron chi connectivity index (χ2n) is 6.56. The van der Waals surface area contributed by atoms with Gasteiger partial charge in [0.1, 0.15) is 0 Å². The Morgan fingerprint density at radius 2 is 2.04 bits per heavy atom. The number of aliphatic hydroxyl groups is 1. The van der Waals surface area contributed by atoms with Crippen molar-refractivity contribution in [3.63, 3.8) is 0 Å². The zero-order valence-corrected chi connectivity index (χ0v) is 14.1. The second kappa shape index (κ2) is 6.00. The fraction of sp³-hybridized carbons (Fsp3) is 0.368. The summed E-state index contributed by atoms with van der Waals surface area (Å²) < 4.78 is 2.04. The van der Waals surface area contributed by atoms with Crippen LogP contribution in [0, 0.1) is 13.8 Å². The van der Waals surface area contributed by atoms with Crippen LogP contribution in [-0.2, 0) is 13.0 Å². The number of benzene rings is 1. The molecule has 1 unspecified atom stereocenters. The molecule has 0 amide bonds. The van der Waals surface area contributed by atoms with Crippen molar-refractivity contribution >= 4 is 5.78 Å². The molecule has 0 aliphatic carbocycles. The molecular formula is C19H22N4O. The number of hydrogen-bond acceptors (Lipinski definition) is 4. The van der Waals surface area contributed by atoms with E-state index in [1.165, 1.54) is 11.1 Å². The van der Waals surface area contributed by atoms with E-state index in [1.807, 2.05) is 17.4 Å². The third-order valence-electron chi connectivity index (χ3n) is 4.87. The summed E-state index contributed by atoms with van der Waals surface area (Å²) >= 11 is 0. The van der Waals surface area contributed by atoms with Crippen LogP contribution in [0.2, 0.25) is 0 Å². The number of aliphatic hydroxyl groups excluding tert-OH is 1. The molecule has 0 fully saturated rings. The van der Waals surface area contributed by atoms with Crippen molar-refractivity contribution in [1.29, 1.82) is 0 Å². The molecule has 1 aromatic carbocycles. The molecule has 4 rings (SSSR count). The van der Waals surface area contributed by atoms with Gasteiger partial charge >= 0.3 is 0 Å². The van der Waals surface area contributed by atoms with Crippen LogP contribution in [0.3, 0.4) is 0 Å². The van der Waals surface area contributed by atoms with Gasteiger partial charge in [-0.15, -0.1) is 0 Å². The minimum absolute atomic E-state index is 0.0376. The number of rotatable bonds is 3. The number of aryl methyl sites for hydroxylation is 2. The first-order valence-electron chi connectivity index (χ1n) is 8.40. The minimum Gasteiger partial charge on any atom is -0.394 e. The molecule has 3 heterocycles. The van der Waals surface area contributed by atoms with Crippen LogP contribution in [0.15, 0.2) is 36.5 Å². The Labute approximate surface area is 141 Å². The van der Waals surface area contributed by atoms with E-state index >= 15 is 0 Å². The quantitative estimate of drug-likeness (QED) is 0.805. The van der Waals surface area contributed by atoms with Gasteiger partial charge < -0.3 is 5.11 Å². The number of nitrogens with zero attached hydrogens (tertiary/aromatic N) is 4. The normalized spacial score (nSPS) is 18.0. The fourth-order valence-corrected chi connectivity index (χ4v) is 3.71. The van der Waals surface area contributed by atoms with E-state index in [2.05, 4.69) is 52.3 Å². The first kappa shape index (κ1) is 15.3. The summed E-state index contributed by atoms with van der Waals surface area (Å²) in [7, 11) is 0. The zero-order valence-electron chi connectivity index (χ0n) is 14.1. The van der Waals surface area contributed by atoms with Gasteiger partial charge in [-0.3, -0.25) is 9.30 Å². The van der Waals surface area contributed by atoms with Crippen LogP contribution in [-0.4, -0.2) is 37.5 Å². The van der Waals surface area contributed by atoms with E-state index in [0.717, 1.165) is 42.4 Å². The van der Waals surface area contributed by atoms with Gasteiger partial charge in [0, 0.05) is 30.7 Å². The molecule has 24 heavy (non-hydrogen) atoms. The highest BCUT2D eigenvalue weighted by Crippen LogP contribution is 2.30. The lowest BCUT2D eigenvalue weighted by Gasteiger charge is -2.35. The van der Waals surface area contributed by atoms with E-state index in [1.54, 1.807) is 0 Å². The summed E-state index contributed by atoms with van der Waals surface area (Å²) in [5.41, 5.74) is 5.70. The van der Waals surface area contributed by atoms with Crippen molar-refractivity contribution in [2.45, 2.75) is 32.9 Å². The number of hydrogen-bond donors (Lipinski definition) is 1. The molecule has 1 N–H and O–H groups in total. The highest BCUT2D eigenvalue weighted by Gasteiger charge is 2.27. The second-order valence-corrected chi connectivity index (χ2v) is 6.56. The van der Waals surface area contributed by atoms with E-state index in [-0.39, 0.29) is 12.6 Å². The lowest BCUT2D eigenvalue weighted by molar-refractivity contribution is 0.107. The number of fused-ring (bicyclic) bond motifs is 2. The molecule has 1 aliphatic rings. The lowest BCUT2D eigenvalue weighted by Crippen LogP contribution is -2.36. The average molecular weight is 322 g/mol. The van der Waals surface area contributed by atoms with Gasteiger partial charge in [-0.25, -0.2) is 9.97 Å². The average Bonchev–Trinajstić information content (AvgIpc) is 2.97. The summed E-state index contributed by atoms with van der Waals surface area (Å²) in [5, 5.41) is 9.93. The van der Waals surface area contributed by atoms with Gasteiger partial charge in [-0.05, 0) is 37.5 Å². The molecule has 0 bridgehead atoms. The Morgan fingerprint density at radius 1 is 1.21 bits per heavy atom. The molecule has 124 valence electrons. The summed E-state index contributed by atoms with van der Waals surface area (Å²) in [6, 6.07) is 10.5. The van der Waals surface area contributed by atoms with Gasteiger partial charge in [0.15, 0.2) is 0 Å². The lowest BCUT2D eigenvalue weighted by atomic mass is 9.93. The third kappa shape index (κ3) is 2.60. The van der Waals surface area contributed by atoms with Crippen LogP contribution in [0.5, 0.6) is 0 Å². The van der Waals surface area contributed by atoms with Crippen LogP contribution < -0.4 is 0 Å². The van der Waals surface area contributed by atoms with Crippen molar-refractivity contribution in [2.24, 2.45) is 0 Å². The van der Waals surface area contributed by atoms with Crippen molar-refractivity contribution in [3.05, 3.63) is 64.7 Å². The predicted molar refractivity (Wildman–Crippen MR) is 92.8 cm³/mol. The van der Waals surface area contributed by atoms with Crippen molar-refractivity contribution < 1.29 is 5.11 Å². The van der Waals surface area contributed by atoms with Gasteiger partial charge in [0.2, 0.25) is 5.78 Å². The van der Waals surface area contributed by atoms with Gasteiger partial charge in [-0.1, -0.05) is 24.3 Å². The van der Waals surface area contributed by atoms with Crippen LogP contribution in [0.25, 0.3) is 5.78 Å². The standard InChI is InChI=1S/C19H22N4O/c1-13-9-14(2)23-11-16(21-19(23)20-13)10-22-8-7-15-5-3-4-6-17(15)18(22)12-24/h3-6,9,11,18,24H,7-8,10,12H2,1-2H3. The van der Waals surface area contributed by atoms with Gasteiger partial charge in [0.05, 0.1) is 18.3 Å². The number of aromatic nitrogens is 3. The van der Waals surface area contributed by atoms with Crippen LogP contribution in [0.4, 0.5) is 0 Å². The Bertz CT molecular complexity index is 886. The molecule has 0 radical (unpaired) electrons. The molecule has 3 aromatic rings.